The molecule has 244 valence electrons. The van der Waals surface area contributed by atoms with Crippen LogP contribution >= 0.6 is 11.6 Å². The van der Waals surface area contributed by atoms with Crippen molar-refractivity contribution in [3.05, 3.63) is 61.3 Å². The lowest BCUT2D eigenvalue weighted by Crippen LogP contribution is -2.49. The molecule has 45 heavy (non-hydrogen) atoms. The van der Waals surface area contributed by atoms with Crippen LogP contribution in [0.2, 0.25) is 5.02 Å². The van der Waals surface area contributed by atoms with E-state index < -0.39 is 59.3 Å². The number of likely N-dealkylation sites (tertiary alicyclic amines) is 1. The van der Waals surface area contributed by atoms with Gasteiger partial charge in [0.2, 0.25) is 0 Å². The summed E-state index contributed by atoms with van der Waals surface area (Å²) in [5.74, 6) is -1.28. The minimum absolute atomic E-state index is 0.0223. The molecule has 15 nitrogen and oxygen atoms in total. The average Bonchev–Trinajstić information content (AvgIpc) is 3.39. The number of aliphatic hydroxyl groups excluding tert-OH is 5. The molecule has 16 heteroatoms. The number of fused-ring (bicyclic) bond motifs is 1. The van der Waals surface area contributed by atoms with E-state index in [9.17, 15) is 40.1 Å². The molecule has 0 amide bonds. The normalized spacial score (nSPS) is 19.6. The molecule has 1 fully saturated rings. The average molecular weight is 653 g/mol. The third-order valence-corrected chi connectivity index (χ3v) is 8.23. The van der Waals surface area contributed by atoms with Crippen molar-refractivity contribution in [1.29, 1.82) is 0 Å². The zero-order chi connectivity index (χ0) is 33.2. The number of esters is 1. The molecule has 4 rings (SSSR count). The Morgan fingerprint density at radius 1 is 1.13 bits per heavy atom. The molecule has 3 aromatic rings. The van der Waals surface area contributed by atoms with E-state index in [1.165, 1.54) is 38.5 Å². The summed E-state index contributed by atoms with van der Waals surface area (Å²) in [6.07, 6.45) is -7.70. The summed E-state index contributed by atoms with van der Waals surface area (Å²) in [6, 6.07) is 5.89. The first-order chi connectivity index (χ1) is 21.3. The molecule has 1 aromatic heterocycles. The van der Waals surface area contributed by atoms with Crippen LogP contribution in [-0.2, 0) is 9.53 Å². The zero-order valence-corrected chi connectivity index (χ0v) is 25.2. The van der Waals surface area contributed by atoms with Crippen molar-refractivity contribution in [3.8, 4) is 22.8 Å². The third-order valence-electron chi connectivity index (χ3n) is 7.92. The van der Waals surface area contributed by atoms with E-state index in [0.717, 1.165) is 6.07 Å². The first-order valence-corrected chi connectivity index (χ1v) is 14.1. The van der Waals surface area contributed by atoms with E-state index in [1.54, 1.807) is 7.05 Å². The number of hydrogen-bond donors (Lipinski definition) is 5. The quantitative estimate of drug-likeness (QED) is 0.104. The molecule has 2 heterocycles. The Morgan fingerprint density at radius 2 is 1.82 bits per heavy atom. The highest BCUT2D eigenvalue weighted by Crippen LogP contribution is 2.45. The molecule has 0 radical (unpaired) electrons. The van der Waals surface area contributed by atoms with Crippen LogP contribution in [-0.4, -0.2) is 113 Å². The van der Waals surface area contributed by atoms with Crippen LogP contribution in [0.4, 0.5) is 5.69 Å². The lowest BCUT2D eigenvalue weighted by atomic mass is 9.89. The van der Waals surface area contributed by atoms with Crippen LogP contribution in [0.3, 0.4) is 0 Å². The zero-order valence-electron chi connectivity index (χ0n) is 24.5. The van der Waals surface area contributed by atoms with E-state index in [1.807, 2.05) is 4.90 Å². The molecule has 1 aliphatic rings. The lowest BCUT2D eigenvalue weighted by Gasteiger charge is -2.28. The van der Waals surface area contributed by atoms with Crippen molar-refractivity contribution in [1.82, 2.24) is 4.90 Å². The largest absolute Gasteiger partial charge is 0.496 e. The third kappa shape index (κ3) is 6.74. The number of nitro benzene ring substituents is 1. The highest BCUT2D eigenvalue weighted by Gasteiger charge is 2.40. The molecular weight excluding hydrogens is 620 g/mol. The Balaban J connectivity index is 1.76. The van der Waals surface area contributed by atoms with Crippen molar-refractivity contribution in [2.24, 2.45) is 0 Å². The monoisotopic (exact) mass is 652 g/mol. The summed E-state index contributed by atoms with van der Waals surface area (Å²) >= 11 is 6.35. The minimum Gasteiger partial charge on any atom is -0.496 e. The van der Waals surface area contributed by atoms with Gasteiger partial charge < -0.3 is 44.2 Å². The maximum absolute atomic E-state index is 13.5. The van der Waals surface area contributed by atoms with Crippen molar-refractivity contribution in [2.75, 3.05) is 41.0 Å². The number of likely N-dealkylation sites (N-methyl/N-ethyl adjacent to an activating group) is 1. The maximum Gasteiger partial charge on any atom is 0.337 e. The van der Waals surface area contributed by atoms with Crippen LogP contribution in [0, 0.1) is 10.1 Å². The van der Waals surface area contributed by atoms with Crippen LogP contribution < -0.4 is 14.9 Å². The number of nitrogens with zero attached hydrogens (tertiary/aromatic N) is 2. The number of halogens is 1. The van der Waals surface area contributed by atoms with E-state index in [2.05, 4.69) is 0 Å². The van der Waals surface area contributed by atoms with Crippen molar-refractivity contribution >= 4 is 34.2 Å². The standard InChI is InChI=1S/C29H33ClN2O13/c1-31-7-6-15(17(31)12-44-29(39)27(38)26(37)25(36)19(35)11-33)23-21(42-2)10-22(43-3)24-18(34)9-20(45-28(23)24)14-5-4-13(32(40)41)8-16(14)30/h4-5,8-10,15,17,19,25-27,33,35-38H,6-7,11-12H2,1-3H3/t15-,17+,19+,25+,26-,27+/m0/s1. The van der Waals surface area contributed by atoms with Crippen molar-refractivity contribution in [3.63, 3.8) is 0 Å². The Morgan fingerprint density at radius 3 is 2.42 bits per heavy atom. The predicted octanol–water partition coefficient (Wildman–Crippen LogP) is 0.806. The fourth-order valence-electron chi connectivity index (χ4n) is 5.43. The summed E-state index contributed by atoms with van der Waals surface area (Å²) < 4.78 is 22.8. The molecule has 0 unspecified atom stereocenters. The van der Waals surface area contributed by atoms with E-state index >= 15 is 0 Å². The number of aliphatic hydroxyl groups is 5. The molecular formula is C29H33ClN2O13. The molecule has 5 N–H and O–H groups in total. The van der Waals surface area contributed by atoms with Gasteiger partial charge in [0.15, 0.2) is 11.5 Å². The summed E-state index contributed by atoms with van der Waals surface area (Å²) in [7, 11) is 4.55. The highest BCUT2D eigenvalue weighted by atomic mass is 35.5. The summed E-state index contributed by atoms with van der Waals surface area (Å²) in [5, 5.41) is 60.0. The van der Waals surface area contributed by atoms with Gasteiger partial charge in [-0.05, 0) is 26.1 Å². The lowest BCUT2D eigenvalue weighted by molar-refractivity contribution is -0.384. The molecule has 0 aliphatic carbocycles. The topological polar surface area (TPSA) is 222 Å². The maximum atomic E-state index is 13.5. The Hall–Kier alpha value is -3.83. The van der Waals surface area contributed by atoms with Gasteiger partial charge in [0.05, 0.1) is 36.8 Å². The number of hydrogen-bond acceptors (Lipinski definition) is 14. The van der Waals surface area contributed by atoms with Gasteiger partial charge in [-0.1, -0.05) is 11.6 Å². The first kappa shape index (κ1) is 34.1. The van der Waals surface area contributed by atoms with Gasteiger partial charge in [-0.15, -0.1) is 0 Å². The van der Waals surface area contributed by atoms with Gasteiger partial charge in [-0.2, -0.15) is 0 Å². The van der Waals surface area contributed by atoms with Crippen LogP contribution in [0.1, 0.15) is 17.9 Å². The van der Waals surface area contributed by atoms with Crippen molar-refractivity contribution in [2.45, 2.75) is 42.8 Å². The van der Waals surface area contributed by atoms with Gasteiger partial charge in [-0.25, -0.2) is 4.79 Å². The van der Waals surface area contributed by atoms with Gasteiger partial charge in [-0.3, -0.25) is 19.8 Å². The minimum atomic E-state index is -2.23. The summed E-state index contributed by atoms with van der Waals surface area (Å²) in [4.78, 5) is 38.6. The SMILES string of the molecule is COc1cc(OC)c2c(=O)cc(-c3ccc([N+](=O)[O-])cc3Cl)oc2c1[C@H]1CCN(C)[C@@H]1COC(=O)[C@H](O)[C@@H](O)[C@H](O)[C@H](O)CO. The van der Waals surface area contributed by atoms with Crippen molar-refractivity contribution < 1.29 is 53.9 Å². The summed E-state index contributed by atoms with van der Waals surface area (Å²) in [5.41, 5.74) is 0.0219. The number of carbonyl (C=O) groups excluding carboxylic acids is 1. The molecule has 1 saturated heterocycles. The van der Waals surface area contributed by atoms with Crippen LogP contribution in [0.25, 0.3) is 22.3 Å². The van der Waals surface area contributed by atoms with E-state index in [-0.39, 0.29) is 45.4 Å². The fraction of sp³-hybridized carbons (Fsp3) is 0.448. The number of methoxy groups -OCH3 is 2. The first-order valence-electron chi connectivity index (χ1n) is 13.7. The Kier molecular flexibility index (Phi) is 10.7. The number of carbonyl (C=O) groups is 1. The molecule has 6 atom stereocenters. The smallest absolute Gasteiger partial charge is 0.337 e. The van der Waals surface area contributed by atoms with E-state index in [4.69, 9.17) is 35.3 Å². The second-order valence-electron chi connectivity index (χ2n) is 10.5. The second-order valence-corrected chi connectivity index (χ2v) is 11.0. The van der Waals surface area contributed by atoms with Gasteiger partial charge in [0, 0.05) is 41.3 Å². The molecule has 0 bridgehead atoms. The Labute approximate surface area is 260 Å². The molecule has 0 saturated carbocycles. The second kappa shape index (κ2) is 14.1. The number of nitro groups is 1. The summed E-state index contributed by atoms with van der Waals surface area (Å²) in [6.45, 7) is -0.716. The molecule has 2 aromatic carbocycles. The van der Waals surface area contributed by atoms with Gasteiger partial charge in [0.25, 0.3) is 5.69 Å². The van der Waals surface area contributed by atoms with Gasteiger partial charge >= 0.3 is 5.97 Å². The number of rotatable bonds is 12. The highest BCUT2D eigenvalue weighted by molar-refractivity contribution is 6.33. The van der Waals surface area contributed by atoms with E-state index in [0.29, 0.717) is 24.3 Å². The fourth-order valence-corrected chi connectivity index (χ4v) is 5.70. The van der Waals surface area contributed by atoms with Crippen LogP contribution in [0.15, 0.2) is 39.5 Å². The number of benzene rings is 2. The molecule has 1 aliphatic heterocycles. The number of non-ortho nitro benzene ring substituents is 1. The Bertz CT molecular complexity index is 1630. The van der Waals surface area contributed by atoms with Gasteiger partial charge in [0.1, 0.15) is 53.1 Å². The molecule has 0 spiro atoms. The predicted molar refractivity (Wildman–Crippen MR) is 159 cm³/mol. The van der Waals surface area contributed by atoms with Crippen LogP contribution in [0.5, 0.6) is 11.5 Å². The number of ether oxygens (including phenoxy) is 3.